The monoisotopic (exact) mass is 381 g/mol. The lowest BCUT2D eigenvalue weighted by atomic mass is 10.2. The van der Waals surface area contributed by atoms with Crippen LogP contribution in [0, 0.1) is 0 Å². The highest BCUT2D eigenvalue weighted by Gasteiger charge is 2.32. The number of rotatable bonds is 7. The van der Waals surface area contributed by atoms with Gasteiger partial charge in [-0.05, 0) is 30.7 Å². The average Bonchev–Trinajstić information content (AvgIpc) is 2.87. The molecule has 1 aromatic rings. The van der Waals surface area contributed by atoms with Gasteiger partial charge in [0.25, 0.3) is 5.91 Å². The summed E-state index contributed by atoms with van der Waals surface area (Å²) in [5.74, 6) is 0.645. The third kappa shape index (κ3) is 4.73. The Hall–Kier alpha value is -2.06. The van der Waals surface area contributed by atoms with E-state index in [1.54, 1.807) is 19.3 Å². The van der Waals surface area contributed by atoms with Crippen molar-refractivity contribution in [2.75, 3.05) is 27.4 Å². The van der Waals surface area contributed by atoms with Crippen LogP contribution in [0.5, 0.6) is 11.5 Å². The van der Waals surface area contributed by atoms with Crippen molar-refractivity contribution in [2.24, 2.45) is 0 Å². The first-order valence-electron chi connectivity index (χ1n) is 7.63. The van der Waals surface area contributed by atoms with Gasteiger partial charge >= 0.3 is 5.97 Å². The third-order valence-corrected chi connectivity index (χ3v) is 4.80. The number of benzene rings is 1. The van der Waals surface area contributed by atoms with Gasteiger partial charge in [-0.2, -0.15) is 0 Å². The van der Waals surface area contributed by atoms with Crippen molar-refractivity contribution in [3.05, 3.63) is 28.7 Å². The lowest BCUT2D eigenvalue weighted by Crippen LogP contribution is -2.30. The number of hydrogen-bond acceptors (Lipinski definition) is 7. The topological polar surface area (TPSA) is 65.1 Å². The van der Waals surface area contributed by atoms with Crippen LogP contribution >= 0.6 is 24.0 Å². The number of thiocarbonyl (C=S) groups is 1. The fraction of sp³-hybridized carbons (Fsp3) is 0.353. The Morgan fingerprint density at radius 1 is 1.32 bits per heavy atom. The van der Waals surface area contributed by atoms with Gasteiger partial charge in [-0.3, -0.25) is 14.5 Å². The van der Waals surface area contributed by atoms with E-state index in [1.165, 1.54) is 23.8 Å². The molecule has 1 aliphatic heterocycles. The molecule has 0 radical (unpaired) electrons. The zero-order valence-electron chi connectivity index (χ0n) is 14.2. The molecule has 0 aromatic heterocycles. The van der Waals surface area contributed by atoms with Crippen molar-refractivity contribution in [3.8, 4) is 11.5 Å². The fourth-order valence-corrected chi connectivity index (χ4v) is 3.51. The van der Waals surface area contributed by atoms with Crippen LogP contribution in [0.1, 0.15) is 18.9 Å². The molecular weight excluding hydrogens is 362 g/mol. The quantitative estimate of drug-likeness (QED) is 0.409. The molecule has 0 bridgehead atoms. The Bertz CT molecular complexity index is 717. The summed E-state index contributed by atoms with van der Waals surface area (Å²) in [7, 11) is 2.89. The zero-order valence-corrected chi connectivity index (χ0v) is 15.9. The predicted molar refractivity (Wildman–Crippen MR) is 101 cm³/mol. The molecule has 25 heavy (non-hydrogen) atoms. The van der Waals surface area contributed by atoms with Crippen LogP contribution in [0.4, 0.5) is 0 Å². The number of methoxy groups -OCH3 is 2. The normalized spacial score (nSPS) is 15.6. The van der Waals surface area contributed by atoms with Crippen molar-refractivity contribution in [1.29, 1.82) is 0 Å². The molecule has 1 aliphatic rings. The van der Waals surface area contributed by atoms with E-state index in [0.29, 0.717) is 27.3 Å². The van der Waals surface area contributed by atoms with Crippen molar-refractivity contribution in [2.45, 2.75) is 13.3 Å². The molecule has 1 saturated heterocycles. The molecule has 8 heteroatoms. The second-order valence-electron chi connectivity index (χ2n) is 5.00. The minimum absolute atomic E-state index is 0.104. The fourth-order valence-electron chi connectivity index (χ4n) is 2.20. The molecule has 0 atom stereocenters. The number of carbonyl (C=O) groups is 2. The number of carbonyl (C=O) groups excluding carboxylic acids is 2. The molecule has 0 unspecified atom stereocenters. The van der Waals surface area contributed by atoms with E-state index in [-0.39, 0.29) is 24.8 Å². The van der Waals surface area contributed by atoms with E-state index in [2.05, 4.69) is 4.74 Å². The molecule has 6 nitrogen and oxygen atoms in total. The molecule has 0 aliphatic carbocycles. The van der Waals surface area contributed by atoms with E-state index in [4.69, 9.17) is 21.7 Å². The summed E-state index contributed by atoms with van der Waals surface area (Å²) < 4.78 is 15.8. The molecule has 2 rings (SSSR count). The van der Waals surface area contributed by atoms with Gasteiger partial charge in [-0.15, -0.1) is 0 Å². The Labute approximate surface area is 156 Å². The molecule has 134 valence electrons. The number of amides is 1. The summed E-state index contributed by atoms with van der Waals surface area (Å²) in [5.41, 5.74) is 0.803. The smallest absolute Gasteiger partial charge is 0.307 e. The highest BCUT2D eigenvalue weighted by atomic mass is 32.2. The second kappa shape index (κ2) is 8.87. The SMILES string of the molecule is CCOc1cc(/C=C2\SC(=S)N(CCC(=O)OC)C2=O)ccc1OC. The number of nitrogens with zero attached hydrogens (tertiary/aromatic N) is 1. The van der Waals surface area contributed by atoms with Gasteiger partial charge in [-0.1, -0.05) is 30.0 Å². The standard InChI is InChI=1S/C17H19NO5S2/c1-4-23-13-9-11(5-6-12(13)21-2)10-14-16(20)18(17(24)25-14)8-7-15(19)22-3/h5-6,9-10H,4,7-8H2,1-3H3/b14-10-. The average molecular weight is 381 g/mol. The molecule has 0 saturated carbocycles. The van der Waals surface area contributed by atoms with E-state index in [1.807, 2.05) is 19.1 Å². The Kier molecular flexibility index (Phi) is 6.83. The number of hydrogen-bond donors (Lipinski definition) is 0. The second-order valence-corrected chi connectivity index (χ2v) is 6.68. The third-order valence-electron chi connectivity index (χ3n) is 3.43. The van der Waals surface area contributed by atoms with E-state index in [9.17, 15) is 9.59 Å². The molecule has 1 aromatic carbocycles. The number of thioether (sulfide) groups is 1. The molecule has 1 fully saturated rings. The predicted octanol–water partition coefficient (Wildman–Crippen LogP) is 2.86. The van der Waals surface area contributed by atoms with E-state index in [0.717, 1.165) is 5.56 Å². The van der Waals surface area contributed by atoms with Crippen molar-refractivity contribution in [1.82, 2.24) is 4.90 Å². The summed E-state index contributed by atoms with van der Waals surface area (Å²) in [6.07, 6.45) is 1.85. The van der Waals surface area contributed by atoms with Gasteiger partial charge in [0.2, 0.25) is 0 Å². The maximum absolute atomic E-state index is 12.5. The highest BCUT2D eigenvalue weighted by Crippen LogP contribution is 2.34. The van der Waals surface area contributed by atoms with Crippen LogP contribution in [-0.4, -0.2) is 48.5 Å². The van der Waals surface area contributed by atoms with Gasteiger partial charge in [0.05, 0.1) is 32.2 Å². The Morgan fingerprint density at radius 3 is 2.72 bits per heavy atom. The van der Waals surface area contributed by atoms with Crippen LogP contribution in [0.2, 0.25) is 0 Å². The zero-order chi connectivity index (χ0) is 18.4. The Morgan fingerprint density at radius 2 is 2.08 bits per heavy atom. The van der Waals surface area contributed by atoms with Gasteiger partial charge in [0.1, 0.15) is 4.32 Å². The number of esters is 1. The van der Waals surface area contributed by atoms with E-state index < -0.39 is 0 Å². The van der Waals surface area contributed by atoms with Crippen LogP contribution in [0.15, 0.2) is 23.1 Å². The summed E-state index contributed by atoms with van der Waals surface area (Å²) in [4.78, 5) is 25.7. The highest BCUT2D eigenvalue weighted by molar-refractivity contribution is 8.26. The van der Waals surface area contributed by atoms with Crippen molar-refractivity contribution < 1.29 is 23.8 Å². The summed E-state index contributed by atoms with van der Waals surface area (Å²) in [6.45, 7) is 2.61. The van der Waals surface area contributed by atoms with Crippen molar-refractivity contribution in [3.63, 3.8) is 0 Å². The first kappa shape index (κ1) is 19.3. The van der Waals surface area contributed by atoms with Gasteiger partial charge in [0.15, 0.2) is 11.5 Å². The summed E-state index contributed by atoms with van der Waals surface area (Å²) in [5, 5.41) is 0. The van der Waals surface area contributed by atoms with Crippen molar-refractivity contribution >= 4 is 46.3 Å². The van der Waals surface area contributed by atoms with E-state index >= 15 is 0 Å². The molecule has 0 N–H and O–H groups in total. The van der Waals surface area contributed by atoms with Gasteiger partial charge < -0.3 is 14.2 Å². The van der Waals surface area contributed by atoms with Crippen LogP contribution in [0.3, 0.4) is 0 Å². The van der Waals surface area contributed by atoms with Crippen LogP contribution in [-0.2, 0) is 14.3 Å². The van der Waals surface area contributed by atoms with Gasteiger partial charge in [-0.25, -0.2) is 0 Å². The van der Waals surface area contributed by atoms with Gasteiger partial charge in [0, 0.05) is 6.54 Å². The molecule has 1 amide bonds. The summed E-state index contributed by atoms with van der Waals surface area (Å²) in [6, 6.07) is 5.43. The molecule has 0 spiro atoms. The summed E-state index contributed by atoms with van der Waals surface area (Å²) >= 11 is 6.45. The number of ether oxygens (including phenoxy) is 3. The first-order chi connectivity index (χ1) is 12.0. The minimum atomic E-state index is -0.380. The maximum atomic E-state index is 12.5. The molecule has 1 heterocycles. The van der Waals surface area contributed by atoms with Crippen LogP contribution in [0.25, 0.3) is 6.08 Å². The largest absolute Gasteiger partial charge is 0.493 e. The lowest BCUT2D eigenvalue weighted by Gasteiger charge is -2.13. The maximum Gasteiger partial charge on any atom is 0.307 e. The first-order valence-corrected chi connectivity index (χ1v) is 8.85. The lowest BCUT2D eigenvalue weighted by molar-refractivity contribution is -0.140. The van der Waals surface area contributed by atoms with Crippen LogP contribution < -0.4 is 9.47 Å². The molecular formula is C17H19NO5S2. The minimum Gasteiger partial charge on any atom is -0.493 e. The Balaban J connectivity index is 2.18.